The number of aliphatic hydroxyl groups is 2. The van der Waals surface area contributed by atoms with Gasteiger partial charge in [0.1, 0.15) is 0 Å². The Labute approximate surface area is 221 Å². The van der Waals surface area contributed by atoms with E-state index < -0.39 is 5.79 Å². The van der Waals surface area contributed by atoms with Gasteiger partial charge in [0, 0.05) is 0 Å². The van der Waals surface area contributed by atoms with Gasteiger partial charge in [0.25, 0.3) is 0 Å². The fraction of sp³-hybridized carbons (Fsp3) is 1.00. The molecule has 0 unspecified atom stereocenters. The molecule has 0 aromatic heterocycles. The maximum absolute atomic E-state index is 11.4. The molecule has 4 heteroatoms. The first-order valence-electron chi connectivity index (χ1n) is 15.3. The molecule has 0 bridgehead atoms. The van der Waals surface area contributed by atoms with Crippen molar-refractivity contribution in [3.63, 3.8) is 0 Å². The van der Waals surface area contributed by atoms with Crippen LogP contribution in [0.4, 0.5) is 0 Å². The van der Waals surface area contributed by atoms with Crippen LogP contribution in [-0.4, -0.2) is 40.4 Å². The Kier molecular flexibility index (Phi) is 6.80. The molecule has 1 saturated heterocycles. The van der Waals surface area contributed by atoms with Gasteiger partial charge in [0.05, 0.1) is 24.4 Å². The van der Waals surface area contributed by atoms with Crippen molar-refractivity contribution in [2.24, 2.45) is 57.7 Å². The lowest BCUT2D eigenvalue weighted by Crippen LogP contribution is -2.58. The molecular weight excluding hydrogens is 448 g/mol. The monoisotopic (exact) mass is 504 g/mol. The highest BCUT2D eigenvalue weighted by atomic mass is 16.8. The summed E-state index contributed by atoms with van der Waals surface area (Å²) < 4.78 is 13.3. The second-order valence-corrected chi connectivity index (χ2v) is 16.0. The van der Waals surface area contributed by atoms with Gasteiger partial charge in [-0.05, 0) is 123 Å². The van der Waals surface area contributed by atoms with E-state index in [1.165, 1.54) is 25.7 Å². The van der Waals surface area contributed by atoms with Crippen molar-refractivity contribution < 1.29 is 19.7 Å². The Hall–Kier alpha value is -0.160. The number of hydrogen-bond acceptors (Lipinski definition) is 4. The molecule has 0 spiro atoms. The standard InChI is InChI=1S/C32H56O4/c1-18(27-28(19(2)29(3,4)5)36-30(6,7)35-27)22-10-11-23-21-17-26(34)25-16-20(33)12-14-32(25,9)24(21)13-15-31(22,23)8/h18-28,33-34H,10-17H2,1-9H3/t18-,19-,20+,21-,22+,23-,24-,25-,26-,27+,28+,31+,32+/m0/s1. The van der Waals surface area contributed by atoms with Gasteiger partial charge in [0.2, 0.25) is 0 Å². The van der Waals surface area contributed by atoms with Crippen LogP contribution in [0.2, 0.25) is 0 Å². The minimum Gasteiger partial charge on any atom is -0.393 e. The molecular formula is C32H56O4. The predicted molar refractivity (Wildman–Crippen MR) is 144 cm³/mol. The molecule has 5 aliphatic rings. The highest BCUT2D eigenvalue weighted by Crippen LogP contribution is 2.68. The van der Waals surface area contributed by atoms with Crippen molar-refractivity contribution in [3.05, 3.63) is 0 Å². The van der Waals surface area contributed by atoms with Crippen molar-refractivity contribution in [3.8, 4) is 0 Å². The molecule has 0 aromatic carbocycles. The molecule has 0 amide bonds. The molecule has 0 aromatic rings. The molecule has 5 fully saturated rings. The third kappa shape index (κ3) is 4.23. The molecule has 5 rings (SSSR count). The summed E-state index contributed by atoms with van der Waals surface area (Å²) in [4.78, 5) is 0. The molecule has 0 radical (unpaired) electrons. The summed E-state index contributed by atoms with van der Waals surface area (Å²) in [6, 6.07) is 0. The lowest BCUT2D eigenvalue weighted by molar-refractivity contribution is -0.176. The van der Waals surface area contributed by atoms with Gasteiger partial charge < -0.3 is 19.7 Å². The van der Waals surface area contributed by atoms with Gasteiger partial charge >= 0.3 is 0 Å². The summed E-state index contributed by atoms with van der Waals surface area (Å²) >= 11 is 0. The molecule has 1 heterocycles. The van der Waals surface area contributed by atoms with Crippen LogP contribution in [-0.2, 0) is 9.47 Å². The minimum absolute atomic E-state index is 0.124. The molecule has 1 aliphatic heterocycles. The first-order chi connectivity index (χ1) is 16.6. The van der Waals surface area contributed by atoms with Crippen LogP contribution in [0.25, 0.3) is 0 Å². The molecule has 4 aliphatic carbocycles. The van der Waals surface area contributed by atoms with Crippen LogP contribution >= 0.6 is 0 Å². The Morgan fingerprint density at radius 3 is 2.03 bits per heavy atom. The van der Waals surface area contributed by atoms with Crippen LogP contribution in [0.15, 0.2) is 0 Å². The largest absolute Gasteiger partial charge is 0.393 e. The number of aliphatic hydroxyl groups excluding tert-OH is 2. The molecule has 208 valence electrons. The second kappa shape index (κ2) is 8.93. The topological polar surface area (TPSA) is 58.9 Å². The molecule has 4 saturated carbocycles. The zero-order valence-corrected chi connectivity index (χ0v) is 24.7. The quantitative estimate of drug-likeness (QED) is 0.443. The lowest BCUT2D eigenvalue weighted by atomic mass is 9.43. The molecule has 13 atom stereocenters. The van der Waals surface area contributed by atoms with Crippen molar-refractivity contribution in [2.45, 2.75) is 144 Å². The minimum atomic E-state index is -0.525. The molecule has 2 N–H and O–H groups in total. The van der Waals surface area contributed by atoms with Crippen LogP contribution in [0.1, 0.15) is 114 Å². The van der Waals surface area contributed by atoms with Crippen molar-refractivity contribution >= 4 is 0 Å². The Bertz CT molecular complexity index is 817. The van der Waals surface area contributed by atoms with Gasteiger partial charge in [-0.3, -0.25) is 0 Å². The van der Waals surface area contributed by atoms with Gasteiger partial charge in [-0.2, -0.15) is 0 Å². The number of hydrogen-bond donors (Lipinski definition) is 2. The van der Waals surface area contributed by atoms with E-state index >= 15 is 0 Å². The van der Waals surface area contributed by atoms with E-state index in [1.54, 1.807) is 0 Å². The van der Waals surface area contributed by atoms with E-state index in [-0.39, 0.29) is 41.2 Å². The van der Waals surface area contributed by atoms with E-state index in [0.717, 1.165) is 25.7 Å². The Morgan fingerprint density at radius 1 is 0.750 bits per heavy atom. The summed E-state index contributed by atoms with van der Waals surface area (Å²) in [6.07, 6.45) is 8.65. The van der Waals surface area contributed by atoms with Gasteiger partial charge in [-0.1, -0.05) is 48.5 Å². The van der Waals surface area contributed by atoms with Crippen molar-refractivity contribution in [2.75, 3.05) is 0 Å². The van der Waals surface area contributed by atoms with E-state index in [1.807, 2.05) is 0 Å². The van der Waals surface area contributed by atoms with Gasteiger partial charge in [0.15, 0.2) is 5.79 Å². The smallest absolute Gasteiger partial charge is 0.163 e. The summed E-state index contributed by atoms with van der Waals surface area (Å²) in [5.41, 5.74) is 0.667. The van der Waals surface area contributed by atoms with E-state index in [0.29, 0.717) is 40.9 Å². The van der Waals surface area contributed by atoms with Crippen LogP contribution in [0.3, 0.4) is 0 Å². The molecule has 4 nitrogen and oxygen atoms in total. The second-order valence-electron chi connectivity index (χ2n) is 16.0. The summed E-state index contributed by atoms with van der Waals surface area (Å²) in [7, 11) is 0. The molecule has 36 heavy (non-hydrogen) atoms. The Balaban J connectivity index is 1.39. The SMILES string of the molecule is C[C@H]([C@H]1OC(C)(C)O[C@@H]1[C@H](C)C(C)(C)C)[C@H]1CC[C@H]2[C@@H]3C[C@H](O)[C@@H]4C[C@H](O)CC[C@]4(C)[C@H]3CC[C@]12C. The Morgan fingerprint density at radius 2 is 1.36 bits per heavy atom. The van der Waals surface area contributed by atoms with E-state index in [4.69, 9.17) is 9.47 Å². The highest BCUT2D eigenvalue weighted by Gasteiger charge is 2.63. The normalized spacial score (nSPS) is 52.2. The van der Waals surface area contributed by atoms with Crippen LogP contribution < -0.4 is 0 Å². The average Bonchev–Trinajstić information content (AvgIpc) is 3.29. The predicted octanol–water partition coefficient (Wildman–Crippen LogP) is 6.82. The zero-order valence-electron chi connectivity index (χ0n) is 24.7. The lowest BCUT2D eigenvalue weighted by Gasteiger charge is -2.62. The fourth-order valence-corrected chi connectivity index (χ4v) is 10.5. The highest BCUT2D eigenvalue weighted by molar-refractivity contribution is 5.12. The third-order valence-electron chi connectivity index (χ3n) is 12.9. The summed E-state index contributed by atoms with van der Waals surface area (Å²) in [5, 5.41) is 21.7. The van der Waals surface area contributed by atoms with Crippen LogP contribution in [0, 0.1) is 57.7 Å². The van der Waals surface area contributed by atoms with Gasteiger partial charge in [-0.15, -0.1) is 0 Å². The summed E-state index contributed by atoms with van der Waals surface area (Å²) in [5.74, 6) is 3.26. The zero-order chi connectivity index (χ0) is 26.4. The van der Waals surface area contributed by atoms with Crippen molar-refractivity contribution in [1.29, 1.82) is 0 Å². The first kappa shape index (κ1) is 27.4. The first-order valence-corrected chi connectivity index (χ1v) is 15.3. The van der Waals surface area contributed by atoms with Crippen molar-refractivity contribution in [1.82, 2.24) is 0 Å². The average molecular weight is 505 g/mol. The maximum atomic E-state index is 11.4. The summed E-state index contributed by atoms with van der Waals surface area (Å²) in [6.45, 7) is 21.0. The number of rotatable bonds is 3. The third-order valence-corrected chi connectivity index (χ3v) is 12.9. The van der Waals surface area contributed by atoms with Crippen LogP contribution in [0.5, 0.6) is 0 Å². The maximum Gasteiger partial charge on any atom is 0.163 e. The van der Waals surface area contributed by atoms with Gasteiger partial charge in [-0.25, -0.2) is 0 Å². The fourth-order valence-electron chi connectivity index (χ4n) is 10.5. The number of fused-ring (bicyclic) bond motifs is 5. The van der Waals surface area contributed by atoms with E-state index in [9.17, 15) is 10.2 Å². The van der Waals surface area contributed by atoms with E-state index in [2.05, 4.69) is 62.3 Å². The number of ether oxygens (including phenoxy) is 2.